The molecule has 0 aliphatic heterocycles. The van der Waals surface area contributed by atoms with Gasteiger partial charge in [0.15, 0.2) is 11.5 Å². The number of rotatable bonds is 5. The minimum atomic E-state index is 0.700. The number of benzene rings is 2. The SMILES string of the molecule is COc1ccc(OC)c(Sc2ccc3nnc(-c4ccccc4)n3n2)c1. The first-order valence-corrected chi connectivity index (χ1v) is 8.78. The number of hydrogen-bond donors (Lipinski definition) is 0. The number of aromatic nitrogens is 4. The van der Waals surface area contributed by atoms with Gasteiger partial charge in [-0.3, -0.25) is 0 Å². The molecule has 7 heteroatoms. The molecule has 4 rings (SSSR count). The molecule has 0 saturated carbocycles. The second-order valence-electron chi connectivity index (χ2n) is 5.45. The van der Waals surface area contributed by atoms with E-state index in [1.807, 2.05) is 60.7 Å². The normalized spacial score (nSPS) is 10.8. The molecule has 0 aliphatic carbocycles. The van der Waals surface area contributed by atoms with E-state index in [2.05, 4.69) is 10.2 Å². The molecule has 130 valence electrons. The zero-order valence-electron chi connectivity index (χ0n) is 14.3. The van der Waals surface area contributed by atoms with Crippen LogP contribution in [0, 0.1) is 0 Å². The average molecular weight is 364 g/mol. The lowest BCUT2D eigenvalue weighted by atomic mass is 10.2. The highest BCUT2D eigenvalue weighted by atomic mass is 32.2. The molecule has 0 radical (unpaired) electrons. The number of hydrogen-bond acceptors (Lipinski definition) is 6. The molecule has 0 fully saturated rings. The van der Waals surface area contributed by atoms with Gasteiger partial charge in [-0.05, 0) is 30.3 Å². The van der Waals surface area contributed by atoms with Gasteiger partial charge in [-0.25, -0.2) is 0 Å². The van der Waals surface area contributed by atoms with Gasteiger partial charge in [-0.2, -0.15) is 9.61 Å². The minimum Gasteiger partial charge on any atom is -0.497 e. The van der Waals surface area contributed by atoms with Crippen LogP contribution in [0.15, 0.2) is 70.6 Å². The number of ether oxygens (including phenoxy) is 2. The summed E-state index contributed by atoms with van der Waals surface area (Å²) < 4.78 is 12.5. The van der Waals surface area contributed by atoms with Crippen LogP contribution < -0.4 is 9.47 Å². The first kappa shape index (κ1) is 16.4. The predicted octanol–water partition coefficient (Wildman–Crippen LogP) is 3.96. The molecule has 2 aromatic heterocycles. The summed E-state index contributed by atoms with van der Waals surface area (Å²) in [5, 5.41) is 14.0. The fourth-order valence-electron chi connectivity index (χ4n) is 2.57. The molecule has 0 spiro atoms. The van der Waals surface area contributed by atoms with Crippen molar-refractivity contribution < 1.29 is 9.47 Å². The molecule has 4 aromatic rings. The molecule has 0 amide bonds. The lowest BCUT2D eigenvalue weighted by Crippen LogP contribution is -1.97. The Morgan fingerprint density at radius 1 is 0.885 bits per heavy atom. The fourth-order valence-corrected chi connectivity index (χ4v) is 3.48. The number of methoxy groups -OCH3 is 2. The lowest BCUT2D eigenvalue weighted by molar-refractivity contribution is 0.394. The van der Waals surface area contributed by atoms with Crippen molar-refractivity contribution in [3.63, 3.8) is 0 Å². The monoisotopic (exact) mass is 364 g/mol. The Hall–Kier alpha value is -3.06. The van der Waals surface area contributed by atoms with E-state index in [0.717, 1.165) is 27.0 Å². The van der Waals surface area contributed by atoms with E-state index in [-0.39, 0.29) is 0 Å². The Balaban J connectivity index is 1.74. The maximum Gasteiger partial charge on any atom is 0.185 e. The summed E-state index contributed by atoms with van der Waals surface area (Å²) in [6.45, 7) is 0. The van der Waals surface area contributed by atoms with Gasteiger partial charge in [0.25, 0.3) is 0 Å². The highest BCUT2D eigenvalue weighted by Crippen LogP contribution is 2.36. The third kappa shape index (κ3) is 3.09. The van der Waals surface area contributed by atoms with Gasteiger partial charge in [-0.15, -0.1) is 10.2 Å². The van der Waals surface area contributed by atoms with E-state index in [0.29, 0.717) is 11.5 Å². The van der Waals surface area contributed by atoms with Crippen LogP contribution in [0.2, 0.25) is 0 Å². The Morgan fingerprint density at radius 2 is 1.73 bits per heavy atom. The van der Waals surface area contributed by atoms with E-state index in [4.69, 9.17) is 14.6 Å². The molecule has 26 heavy (non-hydrogen) atoms. The van der Waals surface area contributed by atoms with Crippen molar-refractivity contribution >= 4 is 17.4 Å². The maximum absolute atomic E-state index is 5.45. The second-order valence-corrected chi connectivity index (χ2v) is 6.51. The summed E-state index contributed by atoms with van der Waals surface area (Å²) >= 11 is 1.50. The van der Waals surface area contributed by atoms with Crippen LogP contribution in [0.4, 0.5) is 0 Å². The summed E-state index contributed by atoms with van der Waals surface area (Å²) in [6, 6.07) is 19.4. The molecular weight excluding hydrogens is 348 g/mol. The number of fused-ring (bicyclic) bond motifs is 1. The van der Waals surface area contributed by atoms with Crippen LogP contribution in [-0.2, 0) is 0 Å². The Labute approximate surface area is 154 Å². The molecule has 2 heterocycles. The Kier molecular flexibility index (Phi) is 4.45. The van der Waals surface area contributed by atoms with Crippen molar-refractivity contribution in [1.29, 1.82) is 0 Å². The quantitative estimate of drug-likeness (QED) is 0.534. The molecule has 0 bridgehead atoms. The first-order chi connectivity index (χ1) is 12.8. The van der Waals surface area contributed by atoms with Crippen LogP contribution in [0.3, 0.4) is 0 Å². The van der Waals surface area contributed by atoms with Gasteiger partial charge < -0.3 is 9.47 Å². The molecule has 0 aliphatic rings. The van der Waals surface area contributed by atoms with E-state index >= 15 is 0 Å². The molecular formula is C19H16N4O2S. The fraction of sp³-hybridized carbons (Fsp3) is 0.105. The van der Waals surface area contributed by atoms with Crippen LogP contribution in [0.5, 0.6) is 11.5 Å². The van der Waals surface area contributed by atoms with Crippen molar-refractivity contribution in [3.8, 4) is 22.9 Å². The van der Waals surface area contributed by atoms with Gasteiger partial charge in [-0.1, -0.05) is 42.1 Å². The zero-order valence-corrected chi connectivity index (χ0v) is 15.1. The van der Waals surface area contributed by atoms with Gasteiger partial charge in [0, 0.05) is 5.56 Å². The third-order valence-corrected chi connectivity index (χ3v) is 4.82. The molecule has 6 nitrogen and oxygen atoms in total. The van der Waals surface area contributed by atoms with Crippen molar-refractivity contribution in [2.24, 2.45) is 0 Å². The third-order valence-electron chi connectivity index (χ3n) is 3.86. The van der Waals surface area contributed by atoms with Crippen LogP contribution in [0.1, 0.15) is 0 Å². The largest absolute Gasteiger partial charge is 0.497 e. The van der Waals surface area contributed by atoms with Crippen LogP contribution >= 0.6 is 11.8 Å². The average Bonchev–Trinajstić information content (AvgIpc) is 3.12. The molecule has 0 atom stereocenters. The van der Waals surface area contributed by atoms with Crippen LogP contribution in [0.25, 0.3) is 17.0 Å². The summed E-state index contributed by atoms with van der Waals surface area (Å²) in [7, 11) is 3.29. The number of nitrogens with zero attached hydrogens (tertiary/aromatic N) is 4. The van der Waals surface area contributed by atoms with Gasteiger partial charge in [0.1, 0.15) is 16.5 Å². The van der Waals surface area contributed by atoms with Crippen molar-refractivity contribution in [2.45, 2.75) is 9.92 Å². The van der Waals surface area contributed by atoms with E-state index in [1.165, 1.54) is 11.8 Å². The van der Waals surface area contributed by atoms with Gasteiger partial charge >= 0.3 is 0 Å². The second kappa shape index (κ2) is 7.05. The zero-order chi connectivity index (χ0) is 17.9. The van der Waals surface area contributed by atoms with Crippen LogP contribution in [-0.4, -0.2) is 34.0 Å². The van der Waals surface area contributed by atoms with E-state index in [1.54, 1.807) is 18.7 Å². The summed E-state index contributed by atoms with van der Waals surface area (Å²) in [5.41, 5.74) is 1.67. The molecule has 2 aromatic carbocycles. The topological polar surface area (TPSA) is 61.5 Å². The first-order valence-electron chi connectivity index (χ1n) is 7.96. The van der Waals surface area contributed by atoms with E-state index in [9.17, 15) is 0 Å². The minimum absolute atomic E-state index is 0.700. The molecule has 0 saturated heterocycles. The highest BCUT2D eigenvalue weighted by Gasteiger charge is 2.12. The maximum atomic E-state index is 5.45. The summed E-state index contributed by atoms with van der Waals surface area (Å²) in [5.74, 6) is 2.24. The smallest absolute Gasteiger partial charge is 0.185 e. The van der Waals surface area contributed by atoms with Crippen molar-refractivity contribution in [2.75, 3.05) is 14.2 Å². The van der Waals surface area contributed by atoms with E-state index < -0.39 is 0 Å². The Morgan fingerprint density at radius 3 is 2.50 bits per heavy atom. The highest BCUT2D eigenvalue weighted by molar-refractivity contribution is 7.99. The Bertz CT molecular complexity index is 1050. The molecule has 0 unspecified atom stereocenters. The summed E-state index contributed by atoms with van der Waals surface area (Å²) in [4.78, 5) is 0.924. The molecule has 0 N–H and O–H groups in total. The standard InChI is InChI=1S/C19H16N4O2S/c1-24-14-8-9-15(25-2)16(12-14)26-18-11-10-17-20-21-19(23(17)22-18)13-6-4-3-5-7-13/h3-12H,1-2H3. The van der Waals surface area contributed by atoms with Crippen molar-refractivity contribution in [1.82, 2.24) is 19.8 Å². The summed E-state index contributed by atoms with van der Waals surface area (Å²) in [6.07, 6.45) is 0. The van der Waals surface area contributed by atoms with Crippen molar-refractivity contribution in [3.05, 3.63) is 60.7 Å². The van der Waals surface area contributed by atoms with Gasteiger partial charge in [0.05, 0.1) is 19.1 Å². The predicted molar refractivity (Wildman–Crippen MR) is 99.9 cm³/mol. The van der Waals surface area contributed by atoms with Gasteiger partial charge in [0.2, 0.25) is 0 Å². The lowest BCUT2D eigenvalue weighted by Gasteiger charge is -2.09.